The van der Waals surface area contributed by atoms with Gasteiger partial charge in [0.05, 0.1) is 6.10 Å². The second kappa shape index (κ2) is 8.08. The number of aliphatic carboxylic acids is 1. The van der Waals surface area contributed by atoms with Crippen molar-refractivity contribution in [3.63, 3.8) is 0 Å². The van der Waals surface area contributed by atoms with Crippen LogP contribution in [0.2, 0.25) is 0 Å². The molecule has 0 aliphatic carbocycles. The zero-order valence-corrected chi connectivity index (χ0v) is 13.2. The average Bonchev–Trinajstić information content (AvgIpc) is 2.52. The molecule has 0 aliphatic rings. The van der Waals surface area contributed by atoms with Crippen LogP contribution in [-0.4, -0.2) is 23.8 Å². The summed E-state index contributed by atoms with van der Waals surface area (Å²) >= 11 is 0. The molecule has 2 aromatic carbocycles. The zero-order chi connectivity index (χ0) is 16.7. The molecule has 2 rings (SSSR count). The lowest BCUT2D eigenvalue weighted by atomic mass is 10.2. The molecule has 0 saturated heterocycles. The van der Waals surface area contributed by atoms with E-state index in [0.29, 0.717) is 18.1 Å². The summed E-state index contributed by atoms with van der Waals surface area (Å²) in [6.45, 7) is 3.91. The Bertz CT molecular complexity index is 634. The summed E-state index contributed by atoms with van der Waals surface area (Å²) in [6, 6.07) is 14.6. The highest BCUT2D eigenvalue weighted by atomic mass is 16.5. The summed E-state index contributed by atoms with van der Waals surface area (Å²) in [5, 5.41) is 8.68. The quantitative estimate of drug-likeness (QED) is 0.807. The SMILES string of the molecule is CC(C)Oc1ccc(COc2ccccc2OCC(=O)O)cc1. The van der Waals surface area contributed by atoms with Gasteiger partial charge < -0.3 is 19.3 Å². The maximum Gasteiger partial charge on any atom is 0.341 e. The van der Waals surface area contributed by atoms with E-state index in [1.807, 2.05) is 44.2 Å². The molecule has 0 heterocycles. The van der Waals surface area contributed by atoms with Gasteiger partial charge in [-0.15, -0.1) is 0 Å². The Labute approximate surface area is 135 Å². The Morgan fingerprint density at radius 1 is 1.00 bits per heavy atom. The largest absolute Gasteiger partial charge is 0.491 e. The first-order chi connectivity index (χ1) is 11.0. The third-order valence-electron chi connectivity index (χ3n) is 2.89. The normalized spacial score (nSPS) is 10.4. The molecular formula is C18H20O5. The van der Waals surface area contributed by atoms with Gasteiger partial charge in [-0.3, -0.25) is 0 Å². The van der Waals surface area contributed by atoms with Gasteiger partial charge >= 0.3 is 5.97 Å². The van der Waals surface area contributed by atoms with Gasteiger partial charge in [-0.25, -0.2) is 4.79 Å². The molecule has 23 heavy (non-hydrogen) atoms. The van der Waals surface area contributed by atoms with Crippen LogP contribution in [-0.2, 0) is 11.4 Å². The summed E-state index contributed by atoms with van der Waals surface area (Å²) in [5.74, 6) is 0.709. The first kappa shape index (κ1) is 16.7. The van der Waals surface area contributed by atoms with E-state index in [-0.39, 0.29) is 6.10 Å². The summed E-state index contributed by atoms with van der Waals surface area (Å²) in [7, 11) is 0. The summed E-state index contributed by atoms with van der Waals surface area (Å²) in [5.41, 5.74) is 0.981. The van der Waals surface area contributed by atoms with Crippen molar-refractivity contribution in [1.29, 1.82) is 0 Å². The van der Waals surface area contributed by atoms with Gasteiger partial charge in [-0.1, -0.05) is 24.3 Å². The fourth-order valence-corrected chi connectivity index (χ4v) is 1.93. The predicted molar refractivity (Wildman–Crippen MR) is 86.1 cm³/mol. The molecule has 1 N–H and O–H groups in total. The van der Waals surface area contributed by atoms with E-state index in [1.54, 1.807) is 18.2 Å². The van der Waals surface area contributed by atoms with Gasteiger partial charge in [0, 0.05) is 0 Å². The van der Waals surface area contributed by atoms with Crippen molar-refractivity contribution >= 4 is 5.97 Å². The van der Waals surface area contributed by atoms with Crippen LogP contribution in [0.3, 0.4) is 0 Å². The van der Waals surface area contributed by atoms with E-state index in [0.717, 1.165) is 11.3 Å². The fourth-order valence-electron chi connectivity index (χ4n) is 1.93. The predicted octanol–water partition coefficient (Wildman–Crippen LogP) is 3.52. The molecule has 0 aromatic heterocycles. The molecule has 0 saturated carbocycles. The van der Waals surface area contributed by atoms with Gasteiger partial charge in [0.2, 0.25) is 0 Å². The minimum atomic E-state index is -1.03. The van der Waals surface area contributed by atoms with E-state index in [9.17, 15) is 4.79 Å². The third kappa shape index (κ3) is 5.54. The number of para-hydroxylation sites is 2. The number of carbonyl (C=O) groups is 1. The Balaban J connectivity index is 1.96. The van der Waals surface area contributed by atoms with Crippen LogP contribution in [0.5, 0.6) is 17.2 Å². The molecule has 0 fully saturated rings. The number of carboxylic acids is 1. The Hall–Kier alpha value is -2.69. The van der Waals surface area contributed by atoms with Crippen molar-refractivity contribution in [3.05, 3.63) is 54.1 Å². The molecule has 0 amide bonds. The molecule has 2 aromatic rings. The number of carboxylic acid groups (broad SMARTS) is 1. The highest BCUT2D eigenvalue weighted by Crippen LogP contribution is 2.27. The Morgan fingerprint density at radius 3 is 2.17 bits per heavy atom. The molecule has 5 heteroatoms. The standard InChI is InChI=1S/C18H20O5/c1-13(2)23-15-9-7-14(8-10-15)11-21-16-5-3-4-6-17(16)22-12-18(19)20/h3-10,13H,11-12H2,1-2H3,(H,19,20). The summed E-state index contributed by atoms with van der Waals surface area (Å²) in [6.07, 6.45) is 0.135. The van der Waals surface area contributed by atoms with Crippen molar-refractivity contribution in [3.8, 4) is 17.2 Å². The summed E-state index contributed by atoms with van der Waals surface area (Å²) in [4.78, 5) is 10.6. The summed E-state index contributed by atoms with van der Waals surface area (Å²) < 4.78 is 16.5. The van der Waals surface area contributed by atoms with Crippen LogP contribution in [0.15, 0.2) is 48.5 Å². The monoisotopic (exact) mass is 316 g/mol. The Kier molecular flexibility index (Phi) is 5.86. The van der Waals surface area contributed by atoms with Crippen LogP contribution >= 0.6 is 0 Å². The second-order valence-electron chi connectivity index (χ2n) is 5.23. The fraction of sp³-hybridized carbons (Fsp3) is 0.278. The molecule has 122 valence electrons. The number of hydrogen-bond acceptors (Lipinski definition) is 4. The van der Waals surface area contributed by atoms with E-state index >= 15 is 0 Å². The topological polar surface area (TPSA) is 65.0 Å². The maximum atomic E-state index is 10.6. The van der Waals surface area contributed by atoms with Crippen LogP contribution in [0.25, 0.3) is 0 Å². The first-order valence-corrected chi connectivity index (χ1v) is 7.36. The zero-order valence-electron chi connectivity index (χ0n) is 13.2. The third-order valence-corrected chi connectivity index (χ3v) is 2.89. The van der Waals surface area contributed by atoms with E-state index in [1.165, 1.54) is 0 Å². The van der Waals surface area contributed by atoms with E-state index < -0.39 is 12.6 Å². The Morgan fingerprint density at radius 2 is 1.61 bits per heavy atom. The van der Waals surface area contributed by atoms with Gasteiger partial charge in [0.25, 0.3) is 0 Å². The van der Waals surface area contributed by atoms with Crippen LogP contribution < -0.4 is 14.2 Å². The van der Waals surface area contributed by atoms with Crippen molar-refractivity contribution in [2.75, 3.05) is 6.61 Å². The highest BCUT2D eigenvalue weighted by Gasteiger charge is 2.07. The molecular weight excluding hydrogens is 296 g/mol. The molecule has 0 unspecified atom stereocenters. The second-order valence-corrected chi connectivity index (χ2v) is 5.23. The molecule has 0 atom stereocenters. The molecule has 0 radical (unpaired) electrons. The van der Waals surface area contributed by atoms with Crippen LogP contribution in [0.4, 0.5) is 0 Å². The highest BCUT2D eigenvalue weighted by molar-refractivity contribution is 5.68. The van der Waals surface area contributed by atoms with Crippen molar-refractivity contribution in [2.45, 2.75) is 26.6 Å². The van der Waals surface area contributed by atoms with Crippen molar-refractivity contribution in [1.82, 2.24) is 0 Å². The van der Waals surface area contributed by atoms with Gasteiger partial charge in [-0.05, 0) is 43.7 Å². The van der Waals surface area contributed by atoms with Crippen molar-refractivity contribution in [2.24, 2.45) is 0 Å². The maximum absolute atomic E-state index is 10.6. The lowest BCUT2D eigenvalue weighted by Crippen LogP contribution is -2.10. The molecule has 0 aliphatic heterocycles. The molecule has 0 spiro atoms. The number of benzene rings is 2. The lowest BCUT2D eigenvalue weighted by Gasteiger charge is -2.12. The minimum absolute atomic E-state index is 0.135. The van der Waals surface area contributed by atoms with Gasteiger partial charge in [-0.2, -0.15) is 0 Å². The number of hydrogen-bond donors (Lipinski definition) is 1. The van der Waals surface area contributed by atoms with Gasteiger partial charge in [0.15, 0.2) is 18.1 Å². The smallest absolute Gasteiger partial charge is 0.341 e. The van der Waals surface area contributed by atoms with Crippen LogP contribution in [0, 0.1) is 0 Å². The molecule has 0 bridgehead atoms. The van der Waals surface area contributed by atoms with Crippen molar-refractivity contribution < 1.29 is 24.1 Å². The molecule has 5 nitrogen and oxygen atoms in total. The number of ether oxygens (including phenoxy) is 3. The first-order valence-electron chi connectivity index (χ1n) is 7.36. The number of rotatable bonds is 8. The average molecular weight is 316 g/mol. The van der Waals surface area contributed by atoms with E-state index in [2.05, 4.69) is 0 Å². The van der Waals surface area contributed by atoms with E-state index in [4.69, 9.17) is 19.3 Å². The minimum Gasteiger partial charge on any atom is -0.491 e. The lowest BCUT2D eigenvalue weighted by molar-refractivity contribution is -0.139. The van der Waals surface area contributed by atoms with Crippen LogP contribution in [0.1, 0.15) is 19.4 Å². The van der Waals surface area contributed by atoms with Gasteiger partial charge in [0.1, 0.15) is 12.4 Å².